The molecule has 1 aliphatic heterocycles. The SMILES string of the molecule is O=C(O)C(=O)N1CCC(Cl)=C(Cl)C1. The molecule has 0 atom stereocenters. The topological polar surface area (TPSA) is 57.6 Å². The molecule has 1 N–H and O–H groups in total. The molecule has 1 rings (SSSR count). The summed E-state index contributed by atoms with van der Waals surface area (Å²) in [6.07, 6.45) is 0.416. The highest BCUT2D eigenvalue weighted by Gasteiger charge is 2.25. The number of carbonyl (C=O) groups excluding carboxylic acids is 1. The van der Waals surface area contributed by atoms with Crippen LogP contribution in [-0.4, -0.2) is 35.0 Å². The van der Waals surface area contributed by atoms with Gasteiger partial charge in [-0.1, -0.05) is 23.2 Å². The van der Waals surface area contributed by atoms with Crippen molar-refractivity contribution in [2.75, 3.05) is 13.1 Å². The van der Waals surface area contributed by atoms with Gasteiger partial charge in [0.25, 0.3) is 0 Å². The fraction of sp³-hybridized carbons (Fsp3) is 0.429. The third kappa shape index (κ3) is 2.35. The third-order valence-electron chi connectivity index (χ3n) is 1.70. The van der Waals surface area contributed by atoms with Crippen LogP contribution in [-0.2, 0) is 9.59 Å². The van der Waals surface area contributed by atoms with Gasteiger partial charge in [0.15, 0.2) is 0 Å². The van der Waals surface area contributed by atoms with Crippen LogP contribution < -0.4 is 0 Å². The first kappa shape index (κ1) is 10.3. The summed E-state index contributed by atoms with van der Waals surface area (Å²) in [5.41, 5.74) is 0. The molecule has 0 saturated heterocycles. The average Bonchev–Trinajstić information content (AvgIpc) is 2.08. The lowest BCUT2D eigenvalue weighted by Crippen LogP contribution is -2.40. The second-order valence-corrected chi connectivity index (χ2v) is 3.50. The van der Waals surface area contributed by atoms with E-state index >= 15 is 0 Å². The number of hydrogen-bond acceptors (Lipinski definition) is 2. The monoisotopic (exact) mass is 223 g/mol. The summed E-state index contributed by atoms with van der Waals surface area (Å²) in [4.78, 5) is 22.4. The van der Waals surface area contributed by atoms with Crippen molar-refractivity contribution in [3.8, 4) is 0 Å². The van der Waals surface area contributed by atoms with E-state index in [2.05, 4.69) is 0 Å². The molecule has 0 unspecified atom stereocenters. The molecule has 0 aromatic heterocycles. The van der Waals surface area contributed by atoms with Gasteiger partial charge in [-0.05, 0) is 0 Å². The van der Waals surface area contributed by atoms with Crippen molar-refractivity contribution in [1.29, 1.82) is 0 Å². The third-order valence-corrected chi connectivity index (χ3v) is 2.56. The van der Waals surface area contributed by atoms with E-state index in [0.29, 0.717) is 23.0 Å². The highest BCUT2D eigenvalue weighted by atomic mass is 35.5. The molecule has 13 heavy (non-hydrogen) atoms. The van der Waals surface area contributed by atoms with Crippen LogP contribution in [0.5, 0.6) is 0 Å². The predicted octanol–water partition coefficient (Wildman–Crippen LogP) is 0.993. The molecule has 1 amide bonds. The minimum Gasteiger partial charge on any atom is -0.474 e. The lowest BCUT2D eigenvalue weighted by atomic mass is 10.2. The number of rotatable bonds is 0. The van der Waals surface area contributed by atoms with Gasteiger partial charge in [0, 0.05) is 18.0 Å². The van der Waals surface area contributed by atoms with Gasteiger partial charge in [-0.2, -0.15) is 0 Å². The molecule has 0 aliphatic carbocycles. The molecule has 1 heterocycles. The summed E-state index contributed by atoms with van der Waals surface area (Å²) in [6.45, 7) is 0.395. The normalized spacial score (nSPS) is 17.5. The van der Waals surface area contributed by atoms with E-state index in [1.807, 2.05) is 0 Å². The minimum absolute atomic E-state index is 0.0888. The van der Waals surface area contributed by atoms with Gasteiger partial charge in [0.2, 0.25) is 0 Å². The fourth-order valence-corrected chi connectivity index (χ4v) is 1.39. The summed E-state index contributed by atoms with van der Waals surface area (Å²) in [6, 6.07) is 0. The standard InChI is InChI=1S/C7H7Cl2NO3/c8-4-1-2-10(3-5(4)9)6(11)7(12)13/h1-3H2,(H,12,13). The maximum atomic E-state index is 11.0. The zero-order chi connectivity index (χ0) is 10.0. The van der Waals surface area contributed by atoms with Gasteiger partial charge in [0.1, 0.15) is 0 Å². The Morgan fingerprint density at radius 2 is 1.92 bits per heavy atom. The van der Waals surface area contributed by atoms with E-state index in [1.54, 1.807) is 0 Å². The Morgan fingerprint density at radius 3 is 2.38 bits per heavy atom. The van der Waals surface area contributed by atoms with Crippen molar-refractivity contribution in [3.05, 3.63) is 10.1 Å². The maximum absolute atomic E-state index is 11.0. The Balaban J connectivity index is 2.69. The molecule has 0 bridgehead atoms. The smallest absolute Gasteiger partial charge is 0.394 e. The molecule has 0 aromatic carbocycles. The largest absolute Gasteiger partial charge is 0.474 e. The molecule has 0 radical (unpaired) electrons. The predicted molar refractivity (Wildman–Crippen MR) is 47.6 cm³/mol. The van der Waals surface area contributed by atoms with Crippen LogP contribution in [0, 0.1) is 0 Å². The molecule has 0 saturated carbocycles. The summed E-state index contributed by atoms with van der Waals surface area (Å²) in [7, 11) is 0. The Labute approximate surface area is 84.7 Å². The molecular formula is C7H7Cl2NO3. The van der Waals surface area contributed by atoms with Gasteiger partial charge < -0.3 is 10.0 Å². The van der Waals surface area contributed by atoms with Crippen molar-refractivity contribution in [1.82, 2.24) is 4.90 Å². The second-order valence-electron chi connectivity index (χ2n) is 2.59. The van der Waals surface area contributed by atoms with Crippen molar-refractivity contribution in [3.63, 3.8) is 0 Å². The Morgan fingerprint density at radius 1 is 1.31 bits per heavy atom. The Kier molecular flexibility index (Phi) is 3.17. The Bertz CT molecular complexity index is 287. The van der Waals surface area contributed by atoms with Crippen LogP contribution in [0.2, 0.25) is 0 Å². The number of amides is 1. The van der Waals surface area contributed by atoms with E-state index in [9.17, 15) is 9.59 Å². The van der Waals surface area contributed by atoms with Crippen LogP contribution in [0.25, 0.3) is 0 Å². The van der Waals surface area contributed by atoms with Gasteiger partial charge in [0.05, 0.1) is 11.6 Å². The van der Waals surface area contributed by atoms with E-state index in [1.165, 1.54) is 0 Å². The lowest BCUT2D eigenvalue weighted by molar-refractivity contribution is -0.155. The molecule has 0 fully saturated rings. The molecular weight excluding hydrogens is 217 g/mol. The maximum Gasteiger partial charge on any atom is 0.394 e. The molecule has 0 spiro atoms. The fourth-order valence-electron chi connectivity index (χ4n) is 1.01. The van der Waals surface area contributed by atoms with Crippen LogP contribution in [0.1, 0.15) is 6.42 Å². The van der Waals surface area contributed by atoms with Crippen LogP contribution in [0.4, 0.5) is 0 Å². The van der Waals surface area contributed by atoms with E-state index in [-0.39, 0.29) is 6.54 Å². The van der Waals surface area contributed by atoms with E-state index in [4.69, 9.17) is 28.3 Å². The van der Waals surface area contributed by atoms with Crippen LogP contribution in [0.15, 0.2) is 10.1 Å². The van der Waals surface area contributed by atoms with Gasteiger partial charge in [-0.15, -0.1) is 0 Å². The van der Waals surface area contributed by atoms with Gasteiger partial charge in [-0.25, -0.2) is 4.79 Å². The highest BCUT2D eigenvalue weighted by Crippen LogP contribution is 2.23. The van der Waals surface area contributed by atoms with Crippen molar-refractivity contribution < 1.29 is 14.7 Å². The van der Waals surface area contributed by atoms with Gasteiger partial charge >= 0.3 is 11.9 Å². The summed E-state index contributed by atoms with van der Waals surface area (Å²) >= 11 is 11.4. The first-order valence-electron chi connectivity index (χ1n) is 3.57. The van der Waals surface area contributed by atoms with Gasteiger partial charge in [-0.3, -0.25) is 4.79 Å². The lowest BCUT2D eigenvalue weighted by Gasteiger charge is -2.24. The second kappa shape index (κ2) is 3.98. The highest BCUT2D eigenvalue weighted by molar-refractivity contribution is 6.40. The first-order valence-corrected chi connectivity index (χ1v) is 4.33. The summed E-state index contributed by atoms with van der Waals surface area (Å²) < 4.78 is 0. The first-order chi connectivity index (χ1) is 6.02. The van der Waals surface area contributed by atoms with Crippen molar-refractivity contribution in [2.24, 2.45) is 0 Å². The molecule has 72 valence electrons. The number of nitrogens with zero attached hydrogens (tertiary/aromatic N) is 1. The number of aliphatic carboxylic acids is 1. The van der Waals surface area contributed by atoms with E-state index < -0.39 is 11.9 Å². The van der Waals surface area contributed by atoms with Crippen molar-refractivity contribution in [2.45, 2.75) is 6.42 Å². The number of carboxylic acids is 1. The molecule has 1 aliphatic rings. The minimum atomic E-state index is -1.47. The van der Waals surface area contributed by atoms with E-state index in [0.717, 1.165) is 4.90 Å². The van der Waals surface area contributed by atoms with Crippen LogP contribution in [0.3, 0.4) is 0 Å². The molecule has 6 heteroatoms. The molecule has 4 nitrogen and oxygen atoms in total. The summed E-state index contributed by atoms with van der Waals surface area (Å²) in [5, 5.41) is 9.24. The number of carboxylic acid groups (broad SMARTS) is 1. The zero-order valence-corrected chi connectivity index (χ0v) is 8.10. The average molecular weight is 224 g/mol. The van der Waals surface area contributed by atoms with Crippen molar-refractivity contribution >= 4 is 35.1 Å². The zero-order valence-electron chi connectivity index (χ0n) is 6.59. The number of hydrogen-bond donors (Lipinski definition) is 1. The number of halogens is 2. The number of carbonyl (C=O) groups is 2. The Hall–Kier alpha value is -0.740. The quantitative estimate of drug-likeness (QED) is 0.624. The molecule has 0 aromatic rings. The van der Waals surface area contributed by atoms with Crippen LogP contribution >= 0.6 is 23.2 Å². The summed E-state index contributed by atoms with van der Waals surface area (Å²) in [5.74, 6) is -2.41.